The Morgan fingerprint density at radius 2 is 2.07 bits per heavy atom. The van der Waals surface area contributed by atoms with E-state index in [0.29, 0.717) is 18.8 Å². The van der Waals surface area contributed by atoms with Gasteiger partial charge < -0.3 is 14.8 Å². The maximum absolute atomic E-state index is 5.89. The molecule has 2 unspecified atom stereocenters. The number of nitrogens with one attached hydrogen (secondary N) is 1. The maximum atomic E-state index is 5.89. The number of rotatable bonds is 5. The fourth-order valence-corrected chi connectivity index (χ4v) is 1.66. The summed E-state index contributed by atoms with van der Waals surface area (Å²) in [6.45, 7) is 8.93. The van der Waals surface area contributed by atoms with Crippen LogP contribution in [0, 0.1) is 0 Å². The predicted octanol–water partition coefficient (Wildman–Crippen LogP) is 1.57. The third-order valence-electron chi connectivity index (χ3n) is 2.36. The summed E-state index contributed by atoms with van der Waals surface area (Å²) in [6, 6.07) is 0. The largest absolute Gasteiger partial charge is 0.376 e. The van der Waals surface area contributed by atoms with Crippen molar-refractivity contribution in [2.45, 2.75) is 51.9 Å². The molecular weight excluding hydrogens is 178 g/mol. The molecule has 0 bridgehead atoms. The van der Waals surface area contributed by atoms with Crippen LogP contribution in [-0.4, -0.2) is 38.0 Å². The van der Waals surface area contributed by atoms with Gasteiger partial charge >= 0.3 is 0 Å². The molecule has 0 aromatic heterocycles. The molecule has 14 heavy (non-hydrogen) atoms. The lowest BCUT2D eigenvalue weighted by Crippen LogP contribution is -2.46. The minimum Gasteiger partial charge on any atom is -0.376 e. The number of ether oxygens (including phenoxy) is 2. The number of hydrogen-bond donors (Lipinski definition) is 1. The van der Waals surface area contributed by atoms with Gasteiger partial charge in [0.1, 0.15) is 0 Å². The summed E-state index contributed by atoms with van der Waals surface area (Å²) >= 11 is 0. The molecular formula is C11H23NO2. The second kappa shape index (κ2) is 6.38. The average Bonchev–Trinajstić information content (AvgIpc) is 2.16. The van der Waals surface area contributed by atoms with Crippen LogP contribution < -0.4 is 5.32 Å². The van der Waals surface area contributed by atoms with Gasteiger partial charge in [-0.3, -0.25) is 0 Å². The average molecular weight is 201 g/mol. The van der Waals surface area contributed by atoms with Crippen LogP contribution in [0.5, 0.6) is 0 Å². The van der Waals surface area contributed by atoms with Crippen molar-refractivity contribution in [2.24, 2.45) is 0 Å². The van der Waals surface area contributed by atoms with Crippen LogP contribution in [-0.2, 0) is 9.47 Å². The lowest BCUT2D eigenvalue weighted by Gasteiger charge is -2.31. The third kappa shape index (κ3) is 4.40. The van der Waals surface area contributed by atoms with Crippen LogP contribution in [0.1, 0.15) is 33.6 Å². The van der Waals surface area contributed by atoms with E-state index in [2.05, 4.69) is 26.1 Å². The Bertz CT molecular complexity index is 148. The first-order chi connectivity index (χ1) is 6.72. The number of hydrogen-bond acceptors (Lipinski definition) is 3. The van der Waals surface area contributed by atoms with Crippen LogP contribution in [0.3, 0.4) is 0 Å². The highest BCUT2D eigenvalue weighted by Gasteiger charge is 2.21. The van der Waals surface area contributed by atoms with Gasteiger partial charge in [-0.05, 0) is 20.3 Å². The van der Waals surface area contributed by atoms with Gasteiger partial charge in [-0.25, -0.2) is 0 Å². The van der Waals surface area contributed by atoms with Gasteiger partial charge in [-0.2, -0.15) is 0 Å². The third-order valence-corrected chi connectivity index (χ3v) is 2.36. The first kappa shape index (κ1) is 12.0. The van der Waals surface area contributed by atoms with Crippen molar-refractivity contribution in [1.29, 1.82) is 0 Å². The summed E-state index contributed by atoms with van der Waals surface area (Å²) in [5, 5.41) is 3.39. The summed E-state index contributed by atoms with van der Waals surface area (Å²) in [5.41, 5.74) is 0. The van der Waals surface area contributed by atoms with Gasteiger partial charge in [0.05, 0.1) is 24.9 Å². The van der Waals surface area contributed by atoms with E-state index in [-0.39, 0.29) is 6.10 Å². The van der Waals surface area contributed by atoms with Crippen LogP contribution in [0.15, 0.2) is 0 Å². The first-order valence-corrected chi connectivity index (χ1v) is 5.70. The molecule has 1 heterocycles. The van der Waals surface area contributed by atoms with Crippen molar-refractivity contribution in [2.75, 3.05) is 19.7 Å². The Morgan fingerprint density at radius 3 is 2.71 bits per heavy atom. The zero-order valence-corrected chi connectivity index (χ0v) is 9.58. The molecule has 2 atom stereocenters. The Morgan fingerprint density at radius 1 is 1.36 bits per heavy atom. The second-order valence-corrected chi connectivity index (χ2v) is 4.21. The zero-order chi connectivity index (χ0) is 10.4. The Hall–Kier alpha value is -0.120. The van der Waals surface area contributed by atoms with E-state index in [1.54, 1.807) is 0 Å². The predicted molar refractivity (Wildman–Crippen MR) is 57.5 cm³/mol. The van der Waals surface area contributed by atoms with E-state index in [1.165, 1.54) is 6.42 Å². The number of morpholine rings is 1. The molecule has 3 heteroatoms. The molecule has 1 N–H and O–H groups in total. The highest BCUT2D eigenvalue weighted by molar-refractivity contribution is 4.74. The molecule has 3 nitrogen and oxygen atoms in total. The topological polar surface area (TPSA) is 30.5 Å². The van der Waals surface area contributed by atoms with Crippen LogP contribution in [0.25, 0.3) is 0 Å². The maximum Gasteiger partial charge on any atom is 0.0936 e. The molecule has 0 aromatic rings. The monoisotopic (exact) mass is 201 g/mol. The Balaban J connectivity index is 2.18. The lowest BCUT2D eigenvalue weighted by atomic mass is 10.1. The van der Waals surface area contributed by atoms with Gasteiger partial charge in [-0.15, -0.1) is 0 Å². The molecule has 0 radical (unpaired) electrons. The lowest BCUT2D eigenvalue weighted by molar-refractivity contribution is -0.0876. The highest BCUT2D eigenvalue weighted by Crippen LogP contribution is 2.10. The smallest absolute Gasteiger partial charge is 0.0936 e. The van der Waals surface area contributed by atoms with E-state index < -0.39 is 0 Å². The fourth-order valence-electron chi connectivity index (χ4n) is 1.66. The van der Waals surface area contributed by atoms with Gasteiger partial charge in [0.25, 0.3) is 0 Å². The summed E-state index contributed by atoms with van der Waals surface area (Å²) in [7, 11) is 0. The molecule has 1 fully saturated rings. The van der Waals surface area contributed by atoms with Crippen LogP contribution >= 0.6 is 0 Å². The first-order valence-electron chi connectivity index (χ1n) is 5.70. The van der Waals surface area contributed by atoms with Crippen molar-refractivity contribution < 1.29 is 9.47 Å². The van der Waals surface area contributed by atoms with Crippen LogP contribution in [0.4, 0.5) is 0 Å². The minimum atomic E-state index is 0.239. The molecule has 0 spiro atoms. The normalized spacial score (nSPS) is 28.3. The van der Waals surface area contributed by atoms with E-state index in [0.717, 1.165) is 19.5 Å². The van der Waals surface area contributed by atoms with Crippen molar-refractivity contribution in [3.63, 3.8) is 0 Å². The summed E-state index contributed by atoms with van der Waals surface area (Å²) < 4.78 is 11.4. The van der Waals surface area contributed by atoms with E-state index in [1.807, 2.05) is 0 Å². The molecule has 84 valence electrons. The van der Waals surface area contributed by atoms with Gasteiger partial charge in [0.2, 0.25) is 0 Å². The fraction of sp³-hybridized carbons (Fsp3) is 1.00. The summed E-state index contributed by atoms with van der Waals surface area (Å²) in [4.78, 5) is 0. The molecule has 0 aromatic carbocycles. The van der Waals surface area contributed by atoms with Crippen molar-refractivity contribution in [3.05, 3.63) is 0 Å². The van der Waals surface area contributed by atoms with Gasteiger partial charge in [0, 0.05) is 13.1 Å². The second-order valence-electron chi connectivity index (χ2n) is 4.21. The van der Waals surface area contributed by atoms with Crippen molar-refractivity contribution in [3.8, 4) is 0 Å². The SMILES string of the molecule is CCCC1CNCC(COC(C)C)O1. The molecule has 0 aliphatic carbocycles. The van der Waals surface area contributed by atoms with Crippen LogP contribution in [0.2, 0.25) is 0 Å². The quantitative estimate of drug-likeness (QED) is 0.732. The zero-order valence-electron chi connectivity index (χ0n) is 9.58. The molecule has 0 saturated carbocycles. The molecule has 1 aliphatic heterocycles. The summed E-state index contributed by atoms with van der Waals surface area (Å²) in [6.07, 6.45) is 3.25. The molecule has 1 rings (SSSR count). The molecule has 1 saturated heterocycles. The Kier molecular flexibility index (Phi) is 5.45. The van der Waals surface area contributed by atoms with Gasteiger partial charge in [-0.1, -0.05) is 13.3 Å². The highest BCUT2D eigenvalue weighted by atomic mass is 16.5. The molecule has 1 aliphatic rings. The summed E-state index contributed by atoms with van der Waals surface area (Å²) in [5.74, 6) is 0. The van der Waals surface area contributed by atoms with Gasteiger partial charge in [0.15, 0.2) is 0 Å². The van der Waals surface area contributed by atoms with Crippen molar-refractivity contribution >= 4 is 0 Å². The van der Waals surface area contributed by atoms with E-state index in [4.69, 9.17) is 9.47 Å². The Labute approximate surface area is 87.2 Å². The standard InChI is InChI=1S/C11H23NO2/c1-4-5-10-6-12-7-11(14-10)8-13-9(2)3/h9-12H,4-8H2,1-3H3. The minimum absolute atomic E-state index is 0.239. The van der Waals surface area contributed by atoms with E-state index in [9.17, 15) is 0 Å². The van der Waals surface area contributed by atoms with E-state index >= 15 is 0 Å². The van der Waals surface area contributed by atoms with Crippen molar-refractivity contribution in [1.82, 2.24) is 5.32 Å². The molecule has 0 amide bonds.